The van der Waals surface area contributed by atoms with Gasteiger partial charge in [-0.1, -0.05) is 47.9 Å². The van der Waals surface area contributed by atoms with Crippen molar-refractivity contribution in [3.8, 4) is 0 Å². The zero-order chi connectivity index (χ0) is 26.1. The molecule has 0 radical (unpaired) electrons. The average Bonchev–Trinajstić information content (AvgIpc) is 3.43. The van der Waals surface area contributed by atoms with E-state index in [1.165, 1.54) is 11.8 Å². The number of benzene rings is 1. The lowest BCUT2D eigenvalue weighted by atomic mass is 10.2. The number of allylic oxidation sites excluding steroid dienone is 1. The highest BCUT2D eigenvalue weighted by Gasteiger charge is 2.35. The summed E-state index contributed by atoms with van der Waals surface area (Å²) in [6.45, 7) is 8.53. The first-order valence-electron chi connectivity index (χ1n) is 10.2. The Bertz CT molecular complexity index is 1580. The maximum absolute atomic E-state index is 13.1. The molecule has 1 fully saturated rings. The number of hydrogen-bond acceptors (Lipinski definition) is 9. The number of thiazole rings is 1. The molecule has 184 valence electrons. The van der Waals surface area contributed by atoms with Crippen molar-refractivity contribution in [2.45, 2.75) is 18.4 Å². The number of fused-ring (bicyclic) bond motifs is 1. The number of hydrogen-bond donors (Lipinski definition) is 2. The van der Waals surface area contributed by atoms with Gasteiger partial charge in [0.1, 0.15) is 27.0 Å². The van der Waals surface area contributed by atoms with Crippen molar-refractivity contribution in [3.63, 3.8) is 0 Å². The fourth-order valence-corrected chi connectivity index (χ4v) is 7.10. The molecule has 1 aromatic carbocycles. The van der Waals surface area contributed by atoms with Gasteiger partial charge >= 0.3 is 11.9 Å². The number of carboxylic acid groups (broad SMARTS) is 2. The highest BCUT2D eigenvalue weighted by molar-refractivity contribution is 8.30. The van der Waals surface area contributed by atoms with Gasteiger partial charge in [-0.3, -0.25) is 28.6 Å². The van der Waals surface area contributed by atoms with Crippen LogP contribution in [0.3, 0.4) is 0 Å². The van der Waals surface area contributed by atoms with E-state index in [4.69, 9.17) is 23.9 Å². The minimum Gasteiger partial charge on any atom is -0.480 e. The van der Waals surface area contributed by atoms with E-state index in [-0.39, 0.29) is 18.4 Å². The number of carbonyl (C=O) groups excluding carboxylic acids is 1. The van der Waals surface area contributed by atoms with E-state index in [2.05, 4.69) is 4.85 Å². The minimum atomic E-state index is -1.27. The Kier molecular flexibility index (Phi) is 7.36. The van der Waals surface area contributed by atoms with Gasteiger partial charge in [-0.15, -0.1) is 11.3 Å². The number of thioether (sulfide) groups is 2. The van der Waals surface area contributed by atoms with Gasteiger partial charge in [-0.05, 0) is 25.1 Å². The van der Waals surface area contributed by atoms with Crippen molar-refractivity contribution in [2.75, 3.05) is 18.0 Å². The lowest BCUT2D eigenvalue weighted by Gasteiger charge is -2.17. The average molecular weight is 561 g/mol. The maximum Gasteiger partial charge on any atom is 0.323 e. The maximum atomic E-state index is 13.1. The Labute approximate surface area is 221 Å². The summed E-state index contributed by atoms with van der Waals surface area (Å²) in [5.74, 6) is -3.20. The molecular formula is C22H16N4O6S4. The van der Waals surface area contributed by atoms with Crippen molar-refractivity contribution in [1.29, 1.82) is 0 Å². The standard InChI is InChI=1S/C22H16N4O6S4/c1-3-24-12-8-11(23-2)4-5-13(12)34-15(24)7-6-14-19(31)25(9-16(27)28)21(35-14)18-20(32)26(10-17(29)30)22(33)36-18/h4-8H,3,9-10H2,1H3,(H,27,28)(H,29,30). The van der Waals surface area contributed by atoms with Gasteiger partial charge in [-0.25, -0.2) is 4.85 Å². The molecule has 0 bridgehead atoms. The van der Waals surface area contributed by atoms with E-state index in [0.717, 1.165) is 48.2 Å². The summed E-state index contributed by atoms with van der Waals surface area (Å²) in [5.41, 5.74) is 0.820. The summed E-state index contributed by atoms with van der Waals surface area (Å²) in [5, 5.41) is 19.2. The summed E-state index contributed by atoms with van der Waals surface area (Å²) in [6.07, 6.45) is 3.31. The Hall–Kier alpha value is -3.38. The van der Waals surface area contributed by atoms with Crippen molar-refractivity contribution < 1.29 is 24.6 Å². The summed E-state index contributed by atoms with van der Waals surface area (Å²) >= 11 is 8.38. The molecule has 2 aromatic rings. The van der Waals surface area contributed by atoms with Crippen LogP contribution in [0.4, 0.5) is 11.4 Å². The lowest BCUT2D eigenvalue weighted by molar-refractivity contribution is -0.140. The number of thiocarbonyl (C=S) groups is 1. The molecule has 0 saturated carbocycles. The van der Waals surface area contributed by atoms with Crippen LogP contribution in [0, 0.1) is 6.57 Å². The Balaban J connectivity index is 1.82. The SMILES string of the molecule is [C-]#[N+]c1ccc2c(c1)N(CC)C(=CC=c1sc(=C3SC(=S)N(CC(=O)O)C3=O)n(CC(=O)O)c1=O)S2. The van der Waals surface area contributed by atoms with Crippen molar-refractivity contribution >= 4 is 91.6 Å². The summed E-state index contributed by atoms with van der Waals surface area (Å²) in [4.78, 5) is 55.9. The van der Waals surface area contributed by atoms with E-state index in [0.29, 0.717) is 12.2 Å². The predicted octanol–water partition coefficient (Wildman–Crippen LogP) is 1.85. The molecular weight excluding hydrogens is 545 g/mol. The van der Waals surface area contributed by atoms with Crippen LogP contribution in [0.25, 0.3) is 15.8 Å². The smallest absolute Gasteiger partial charge is 0.323 e. The van der Waals surface area contributed by atoms with Crippen LogP contribution < -0.4 is 19.7 Å². The molecule has 10 nitrogen and oxygen atoms in total. The van der Waals surface area contributed by atoms with Gasteiger partial charge < -0.3 is 15.1 Å². The summed E-state index contributed by atoms with van der Waals surface area (Å²) in [7, 11) is 0. The second-order valence-corrected chi connectivity index (χ2v) is 11.1. The zero-order valence-electron chi connectivity index (χ0n) is 18.5. The molecule has 2 N–H and O–H groups in total. The van der Waals surface area contributed by atoms with Crippen LogP contribution in [0.5, 0.6) is 0 Å². The zero-order valence-corrected chi connectivity index (χ0v) is 21.7. The summed E-state index contributed by atoms with van der Waals surface area (Å²) in [6, 6.07) is 5.40. The molecule has 0 spiro atoms. The number of nitrogens with zero attached hydrogens (tertiary/aromatic N) is 4. The van der Waals surface area contributed by atoms with Gasteiger partial charge in [0, 0.05) is 17.1 Å². The Morgan fingerprint density at radius 1 is 1.11 bits per heavy atom. The highest BCUT2D eigenvalue weighted by Crippen LogP contribution is 2.47. The third-order valence-electron chi connectivity index (χ3n) is 5.07. The molecule has 14 heteroatoms. The fraction of sp³-hybridized carbons (Fsp3) is 0.182. The first-order chi connectivity index (χ1) is 17.1. The monoisotopic (exact) mass is 560 g/mol. The quantitative estimate of drug-likeness (QED) is 0.400. The molecule has 1 saturated heterocycles. The second kappa shape index (κ2) is 10.3. The highest BCUT2D eigenvalue weighted by atomic mass is 32.2. The molecule has 4 rings (SSSR count). The van der Waals surface area contributed by atoms with Crippen LogP contribution in [0.1, 0.15) is 6.92 Å². The third kappa shape index (κ3) is 4.82. The number of carbonyl (C=O) groups is 3. The molecule has 3 heterocycles. The molecule has 1 amide bonds. The van der Waals surface area contributed by atoms with Gasteiger partial charge in [0.15, 0.2) is 5.69 Å². The summed E-state index contributed by atoms with van der Waals surface area (Å²) < 4.78 is 1.32. The number of amides is 1. The van der Waals surface area contributed by atoms with Gasteiger partial charge in [0.05, 0.1) is 16.1 Å². The van der Waals surface area contributed by atoms with Gasteiger partial charge in [-0.2, -0.15) is 0 Å². The molecule has 0 unspecified atom stereocenters. The van der Waals surface area contributed by atoms with Crippen LogP contribution in [-0.2, 0) is 20.9 Å². The normalized spacial score (nSPS) is 18.2. The molecule has 0 atom stereocenters. The molecule has 36 heavy (non-hydrogen) atoms. The topological polar surface area (TPSA) is 125 Å². The van der Waals surface area contributed by atoms with Crippen molar-refractivity contribution in [2.24, 2.45) is 0 Å². The van der Waals surface area contributed by atoms with E-state index >= 15 is 0 Å². The molecule has 2 aliphatic heterocycles. The Morgan fingerprint density at radius 2 is 1.83 bits per heavy atom. The predicted molar refractivity (Wildman–Crippen MR) is 143 cm³/mol. The van der Waals surface area contributed by atoms with Gasteiger partial charge in [0.25, 0.3) is 11.5 Å². The van der Waals surface area contributed by atoms with Crippen LogP contribution in [0.15, 0.2) is 39.0 Å². The number of aromatic nitrogens is 1. The first kappa shape index (κ1) is 25.7. The number of rotatable bonds is 6. The third-order valence-corrected chi connectivity index (χ3v) is 8.92. The van der Waals surface area contributed by atoms with Crippen LogP contribution >= 0.6 is 47.1 Å². The van der Waals surface area contributed by atoms with E-state index in [1.807, 2.05) is 17.9 Å². The number of carboxylic acids is 2. The van der Waals surface area contributed by atoms with Gasteiger partial charge in [0.2, 0.25) is 0 Å². The van der Waals surface area contributed by atoms with Crippen molar-refractivity contribution in [1.82, 2.24) is 9.47 Å². The minimum absolute atomic E-state index is 0.0152. The van der Waals surface area contributed by atoms with E-state index in [1.54, 1.807) is 24.3 Å². The first-order valence-corrected chi connectivity index (χ1v) is 13.1. The lowest BCUT2D eigenvalue weighted by Crippen LogP contribution is -2.36. The van der Waals surface area contributed by atoms with Crippen LogP contribution in [0.2, 0.25) is 0 Å². The fourth-order valence-electron chi connectivity index (χ4n) is 3.54. The van der Waals surface area contributed by atoms with Crippen molar-refractivity contribution in [3.05, 3.63) is 60.3 Å². The van der Waals surface area contributed by atoms with E-state index in [9.17, 15) is 24.3 Å². The Morgan fingerprint density at radius 3 is 2.47 bits per heavy atom. The molecule has 1 aromatic heterocycles. The second-order valence-electron chi connectivity index (χ2n) is 7.32. The molecule has 0 aliphatic carbocycles. The number of aliphatic carboxylic acids is 2. The van der Waals surface area contributed by atoms with E-state index < -0.39 is 36.5 Å². The number of anilines is 1. The van der Waals surface area contributed by atoms with Crippen LogP contribution in [-0.4, -0.2) is 54.9 Å². The largest absolute Gasteiger partial charge is 0.480 e. The molecule has 2 aliphatic rings.